The second-order valence-corrected chi connectivity index (χ2v) is 4.66. The molecule has 106 valence electrons. The van der Waals surface area contributed by atoms with Gasteiger partial charge in [0, 0.05) is 6.42 Å². The van der Waals surface area contributed by atoms with Crippen molar-refractivity contribution in [1.29, 1.82) is 5.26 Å². The number of carbonyl (C=O) groups excluding carboxylic acids is 1. The standard InChI is InChI=1S/C14H14F2N2O2/c1-9(13(15)16)14(19)18-12(6-7-20-18)11-4-2-10(8-17)3-5-11/h2-5,9,12-13H,6-7H2,1H3/t9?,12-/m0/s1. The number of amides is 1. The number of hydrogen-bond acceptors (Lipinski definition) is 3. The Kier molecular flexibility index (Phi) is 4.30. The molecule has 1 fully saturated rings. The maximum absolute atomic E-state index is 12.6. The average molecular weight is 280 g/mol. The van der Waals surface area contributed by atoms with E-state index in [2.05, 4.69) is 0 Å². The molecule has 4 nitrogen and oxygen atoms in total. The molecule has 1 aliphatic heterocycles. The molecule has 1 heterocycles. The number of rotatable bonds is 3. The van der Waals surface area contributed by atoms with Gasteiger partial charge in [-0.3, -0.25) is 9.63 Å². The molecule has 6 heteroatoms. The lowest BCUT2D eigenvalue weighted by Gasteiger charge is -2.25. The van der Waals surface area contributed by atoms with E-state index in [1.165, 1.54) is 6.92 Å². The van der Waals surface area contributed by atoms with Crippen molar-refractivity contribution in [3.63, 3.8) is 0 Å². The highest BCUT2D eigenvalue weighted by Gasteiger charge is 2.37. The molecule has 0 spiro atoms. The van der Waals surface area contributed by atoms with E-state index in [0.717, 1.165) is 10.6 Å². The van der Waals surface area contributed by atoms with Crippen LogP contribution < -0.4 is 0 Å². The van der Waals surface area contributed by atoms with Gasteiger partial charge in [0.05, 0.1) is 30.2 Å². The summed E-state index contributed by atoms with van der Waals surface area (Å²) in [5.74, 6) is -2.11. The summed E-state index contributed by atoms with van der Waals surface area (Å²) in [6.45, 7) is 1.50. The molecule has 1 aromatic carbocycles. The van der Waals surface area contributed by atoms with E-state index in [0.29, 0.717) is 18.6 Å². The van der Waals surface area contributed by atoms with Crippen LogP contribution in [0.5, 0.6) is 0 Å². The summed E-state index contributed by atoms with van der Waals surface area (Å²) in [5.41, 5.74) is 1.28. The van der Waals surface area contributed by atoms with E-state index in [1.54, 1.807) is 24.3 Å². The Morgan fingerprint density at radius 2 is 2.10 bits per heavy atom. The summed E-state index contributed by atoms with van der Waals surface area (Å²) in [6, 6.07) is 8.31. The second-order valence-electron chi connectivity index (χ2n) is 4.66. The topological polar surface area (TPSA) is 53.3 Å². The molecule has 0 bridgehead atoms. The largest absolute Gasteiger partial charge is 0.272 e. The number of nitriles is 1. The number of hydroxylamine groups is 2. The zero-order valence-corrected chi connectivity index (χ0v) is 10.9. The fourth-order valence-corrected chi connectivity index (χ4v) is 2.08. The maximum Gasteiger partial charge on any atom is 0.255 e. The van der Waals surface area contributed by atoms with E-state index >= 15 is 0 Å². The minimum atomic E-state index is -2.71. The number of benzene rings is 1. The van der Waals surface area contributed by atoms with Gasteiger partial charge < -0.3 is 0 Å². The molecular weight excluding hydrogens is 266 g/mol. The van der Waals surface area contributed by atoms with Crippen LogP contribution in [-0.4, -0.2) is 24.0 Å². The fourth-order valence-electron chi connectivity index (χ4n) is 2.08. The monoisotopic (exact) mass is 280 g/mol. The summed E-state index contributed by atoms with van der Waals surface area (Å²) in [5, 5.41) is 9.79. The first kappa shape index (κ1) is 14.4. The third kappa shape index (κ3) is 2.78. The number of halogens is 2. The molecule has 2 atom stereocenters. The molecule has 1 unspecified atom stereocenters. The van der Waals surface area contributed by atoms with Gasteiger partial charge in [0.25, 0.3) is 5.91 Å². The number of carbonyl (C=O) groups is 1. The highest BCUT2D eigenvalue weighted by atomic mass is 19.3. The predicted octanol–water partition coefficient (Wildman–Crippen LogP) is 2.66. The van der Waals surface area contributed by atoms with Crippen LogP contribution in [0.4, 0.5) is 8.78 Å². The van der Waals surface area contributed by atoms with Crippen molar-refractivity contribution in [3.05, 3.63) is 35.4 Å². The molecule has 0 aromatic heterocycles. The molecule has 20 heavy (non-hydrogen) atoms. The van der Waals surface area contributed by atoms with Crippen molar-refractivity contribution in [2.45, 2.75) is 25.8 Å². The normalized spacial score (nSPS) is 19.9. The van der Waals surface area contributed by atoms with Crippen LogP contribution in [0.15, 0.2) is 24.3 Å². The third-order valence-electron chi connectivity index (χ3n) is 3.31. The van der Waals surface area contributed by atoms with Crippen molar-refractivity contribution in [2.75, 3.05) is 6.61 Å². The third-order valence-corrected chi connectivity index (χ3v) is 3.31. The molecule has 0 N–H and O–H groups in total. The van der Waals surface area contributed by atoms with Gasteiger partial charge in [0.15, 0.2) is 0 Å². The highest BCUT2D eigenvalue weighted by Crippen LogP contribution is 2.32. The van der Waals surface area contributed by atoms with Gasteiger partial charge in [0.2, 0.25) is 6.43 Å². The van der Waals surface area contributed by atoms with Gasteiger partial charge in [-0.2, -0.15) is 5.26 Å². The van der Waals surface area contributed by atoms with E-state index < -0.39 is 18.3 Å². The lowest BCUT2D eigenvalue weighted by molar-refractivity contribution is -0.185. The van der Waals surface area contributed by atoms with Gasteiger partial charge in [-0.25, -0.2) is 13.8 Å². The minimum absolute atomic E-state index is 0.312. The number of alkyl halides is 2. The lowest BCUT2D eigenvalue weighted by atomic mass is 10.0. The van der Waals surface area contributed by atoms with Gasteiger partial charge >= 0.3 is 0 Å². The Hall–Kier alpha value is -2.00. The van der Waals surface area contributed by atoms with Crippen LogP contribution in [-0.2, 0) is 9.63 Å². The first-order chi connectivity index (χ1) is 9.54. The molecule has 1 saturated heterocycles. The molecule has 0 aliphatic carbocycles. The van der Waals surface area contributed by atoms with E-state index in [4.69, 9.17) is 10.1 Å². The first-order valence-electron chi connectivity index (χ1n) is 6.28. The SMILES string of the molecule is CC(C(=O)N1OCC[C@H]1c1ccc(C#N)cc1)C(F)F. The summed E-state index contributed by atoms with van der Waals surface area (Å²) in [6.07, 6.45) is -2.17. The Morgan fingerprint density at radius 1 is 1.45 bits per heavy atom. The molecule has 1 aliphatic rings. The van der Waals surface area contributed by atoms with Crippen LogP contribution in [0.25, 0.3) is 0 Å². The van der Waals surface area contributed by atoms with Crippen LogP contribution >= 0.6 is 0 Å². The van der Waals surface area contributed by atoms with Gasteiger partial charge in [-0.05, 0) is 24.6 Å². The van der Waals surface area contributed by atoms with E-state index in [-0.39, 0.29) is 6.04 Å². The van der Waals surface area contributed by atoms with Crippen LogP contribution in [0.3, 0.4) is 0 Å². The Labute approximate surface area is 115 Å². The van der Waals surface area contributed by atoms with Gasteiger partial charge in [-0.15, -0.1) is 0 Å². The summed E-state index contributed by atoms with van der Waals surface area (Å²) < 4.78 is 25.2. The van der Waals surface area contributed by atoms with Crippen LogP contribution in [0, 0.1) is 17.2 Å². The molecule has 2 rings (SSSR count). The van der Waals surface area contributed by atoms with Crippen molar-refractivity contribution in [2.24, 2.45) is 5.92 Å². The Morgan fingerprint density at radius 3 is 2.65 bits per heavy atom. The van der Waals surface area contributed by atoms with Crippen molar-refractivity contribution >= 4 is 5.91 Å². The van der Waals surface area contributed by atoms with Crippen molar-refractivity contribution in [1.82, 2.24) is 5.06 Å². The quantitative estimate of drug-likeness (QED) is 0.855. The predicted molar refractivity (Wildman–Crippen MR) is 66.5 cm³/mol. The number of hydrogen-bond donors (Lipinski definition) is 0. The fraction of sp³-hybridized carbons (Fsp3) is 0.429. The molecular formula is C14H14F2N2O2. The Balaban J connectivity index is 2.18. The highest BCUT2D eigenvalue weighted by molar-refractivity contribution is 5.78. The molecule has 0 radical (unpaired) electrons. The number of nitrogens with zero attached hydrogens (tertiary/aromatic N) is 2. The van der Waals surface area contributed by atoms with Crippen LogP contribution in [0.2, 0.25) is 0 Å². The summed E-state index contributed by atoms with van der Waals surface area (Å²) in [7, 11) is 0. The lowest BCUT2D eigenvalue weighted by Crippen LogP contribution is -2.36. The molecule has 1 amide bonds. The smallest absolute Gasteiger partial charge is 0.255 e. The second kappa shape index (κ2) is 5.97. The van der Waals surface area contributed by atoms with Gasteiger partial charge in [-0.1, -0.05) is 12.1 Å². The summed E-state index contributed by atoms with van der Waals surface area (Å²) in [4.78, 5) is 17.2. The average Bonchev–Trinajstić information content (AvgIpc) is 2.95. The van der Waals surface area contributed by atoms with Crippen molar-refractivity contribution < 1.29 is 18.4 Å². The molecule has 1 aromatic rings. The van der Waals surface area contributed by atoms with E-state index in [1.807, 2.05) is 6.07 Å². The first-order valence-corrected chi connectivity index (χ1v) is 6.28. The van der Waals surface area contributed by atoms with Gasteiger partial charge in [0.1, 0.15) is 0 Å². The zero-order valence-electron chi connectivity index (χ0n) is 10.9. The van der Waals surface area contributed by atoms with Crippen molar-refractivity contribution in [3.8, 4) is 6.07 Å². The maximum atomic E-state index is 12.6. The molecule has 0 saturated carbocycles. The van der Waals surface area contributed by atoms with E-state index in [9.17, 15) is 13.6 Å². The zero-order chi connectivity index (χ0) is 14.7. The Bertz CT molecular complexity index is 525. The van der Waals surface area contributed by atoms with Crippen LogP contribution in [0.1, 0.15) is 30.5 Å². The minimum Gasteiger partial charge on any atom is -0.272 e. The summed E-state index contributed by atoms with van der Waals surface area (Å²) >= 11 is 0.